The molecule has 0 aromatic carbocycles. The number of carbonyl (C=O) groups is 1. The van der Waals surface area contributed by atoms with Crippen molar-refractivity contribution < 1.29 is 24.3 Å². The summed E-state index contributed by atoms with van der Waals surface area (Å²) in [7, 11) is 0. The van der Waals surface area contributed by atoms with E-state index in [9.17, 15) is 15.0 Å². The predicted molar refractivity (Wildman–Crippen MR) is 84.8 cm³/mol. The number of rotatable bonds is 6. The van der Waals surface area contributed by atoms with Crippen LogP contribution in [0.2, 0.25) is 0 Å². The molecule has 25 heavy (non-hydrogen) atoms. The zero-order valence-electron chi connectivity index (χ0n) is 13.8. The molecule has 2 aromatic rings. The largest absolute Gasteiger partial charge is 0.476 e. The highest BCUT2D eigenvalue weighted by Gasteiger charge is 2.45. The summed E-state index contributed by atoms with van der Waals surface area (Å²) < 4.78 is 10.5. The minimum absolute atomic E-state index is 0.179. The highest BCUT2D eigenvalue weighted by Crippen LogP contribution is 2.38. The van der Waals surface area contributed by atoms with Crippen LogP contribution in [0.4, 0.5) is 0 Å². The van der Waals surface area contributed by atoms with Crippen molar-refractivity contribution in [1.29, 1.82) is 0 Å². The zero-order chi connectivity index (χ0) is 17.9. The van der Waals surface area contributed by atoms with Crippen LogP contribution in [0.1, 0.15) is 29.1 Å². The molecule has 1 unspecified atom stereocenters. The van der Waals surface area contributed by atoms with Crippen LogP contribution < -0.4 is 10.1 Å². The lowest BCUT2D eigenvalue weighted by Crippen LogP contribution is -2.40. The van der Waals surface area contributed by atoms with Gasteiger partial charge in [-0.05, 0) is 19.8 Å². The summed E-state index contributed by atoms with van der Waals surface area (Å²) in [5, 5.41) is 26.3. The molecule has 1 amide bonds. The van der Waals surface area contributed by atoms with E-state index in [1.54, 1.807) is 6.92 Å². The van der Waals surface area contributed by atoms with Gasteiger partial charge < -0.3 is 24.8 Å². The number of hydrogen-bond acceptors (Lipinski definition) is 8. The van der Waals surface area contributed by atoms with E-state index in [-0.39, 0.29) is 24.8 Å². The molecule has 1 saturated carbocycles. The number of aliphatic hydroxyl groups excluding tert-OH is 2. The molecule has 3 atom stereocenters. The fourth-order valence-corrected chi connectivity index (χ4v) is 2.97. The SMILES string of the molecule is Cc1cc(C(=O)NCC2(COc3cnccn3)C[C@@H](O)[C@@H](O)C2)no1. The van der Waals surface area contributed by atoms with Crippen LogP contribution >= 0.6 is 0 Å². The third-order valence-electron chi connectivity index (χ3n) is 4.28. The Morgan fingerprint density at radius 3 is 2.76 bits per heavy atom. The van der Waals surface area contributed by atoms with E-state index < -0.39 is 17.6 Å². The smallest absolute Gasteiger partial charge is 0.273 e. The third kappa shape index (κ3) is 4.12. The van der Waals surface area contributed by atoms with Gasteiger partial charge in [0.15, 0.2) is 5.69 Å². The second-order valence-electron chi connectivity index (χ2n) is 6.38. The second kappa shape index (κ2) is 7.16. The summed E-state index contributed by atoms with van der Waals surface area (Å²) in [5.74, 6) is 0.500. The number of amides is 1. The van der Waals surface area contributed by atoms with Gasteiger partial charge in [0.05, 0.1) is 25.0 Å². The number of nitrogens with zero attached hydrogens (tertiary/aromatic N) is 3. The Hall–Kier alpha value is -2.52. The van der Waals surface area contributed by atoms with Gasteiger partial charge in [-0.1, -0.05) is 5.16 Å². The van der Waals surface area contributed by atoms with E-state index >= 15 is 0 Å². The molecular formula is C16H20N4O5. The molecule has 3 N–H and O–H groups in total. The molecule has 9 nitrogen and oxygen atoms in total. The molecule has 9 heteroatoms. The Labute approximate surface area is 144 Å². The minimum atomic E-state index is -0.864. The summed E-state index contributed by atoms with van der Waals surface area (Å²) in [5.41, 5.74) is -0.438. The Balaban J connectivity index is 1.66. The minimum Gasteiger partial charge on any atom is -0.476 e. The number of aliphatic hydroxyl groups is 2. The van der Waals surface area contributed by atoms with Crippen LogP contribution in [0.5, 0.6) is 5.88 Å². The summed E-state index contributed by atoms with van der Waals surface area (Å²) in [6, 6.07) is 1.54. The van der Waals surface area contributed by atoms with Crippen molar-refractivity contribution in [2.45, 2.75) is 32.0 Å². The van der Waals surface area contributed by atoms with Gasteiger partial charge in [0, 0.05) is 30.4 Å². The Kier molecular flexibility index (Phi) is 4.95. The molecule has 0 saturated heterocycles. The van der Waals surface area contributed by atoms with Gasteiger partial charge in [-0.3, -0.25) is 9.78 Å². The number of carbonyl (C=O) groups excluding carboxylic acids is 1. The summed E-state index contributed by atoms with van der Waals surface area (Å²) >= 11 is 0. The molecule has 0 aliphatic heterocycles. The number of ether oxygens (including phenoxy) is 1. The van der Waals surface area contributed by atoms with Crippen LogP contribution in [0.3, 0.4) is 0 Å². The monoisotopic (exact) mass is 348 g/mol. The maximum absolute atomic E-state index is 12.2. The lowest BCUT2D eigenvalue weighted by molar-refractivity contribution is 0.0438. The molecule has 3 rings (SSSR count). The van der Waals surface area contributed by atoms with Gasteiger partial charge in [0.25, 0.3) is 5.91 Å². The summed E-state index contributed by atoms with van der Waals surface area (Å²) in [4.78, 5) is 20.1. The van der Waals surface area contributed by atoms with Gasteiger partial charge in [-0.15, -0.1) is 0 Å². The lowest BCUT2D eigenvalue weighted by atomic mass is 9.86. The molecule has 134 valence electrons. The van der Waals surface area contributed by atoms with Gasteiger partial charge >= 0.3 is 0 Å². The first-order valence-corrected chi connectivity index (χ1v) is 7.94. The fourth-order valence-electron chi connectivity index (χ4n) is 2.97. The average molecular weight is 348 g/mol. The molecule has 1 fully saturated rings. The Bertz CT molecular complexity index is 710. The van der Waals surface area contributed by atoms with Crippen LogP contribution in [-0.4, -0.2) is 56.6 Å². The highest BCUT2D eigenvalue weighted by molar-refractivity contribution is 5.92. The molecule has 2 aromatic heterocycles. The molecule has 1 aliphatic carbocycles. The Morgan fingerprint density at radius 1 is 1.40 bits per heavy atom. The topological polar surface area (TPSA) is 131 Å². The maximum Gasteiger partial charge on any atom is 0.273 e. The normalized spacial score (nSPS) is 25.7. The number of hydrogen-bond donors (Lipinski definition) is 3. The first-order chi connectivity index (χ1) is 12.0. The molecule has 0 radical (unpaired) electrons. The molecule has 0 bridgehead atoms. The first-order valence-electron chi connectivity index (χ1n) is 7.94. The molecular weight excluding hydrogens is 328 g/mol. The molecule has 0 spiro atoms. The van der Waals surface area contributed by atoms with E-state index in [2.05, 4.69) is 20.4 Å². The predicted octanol–water partition coefficient (Wildman–Crippen LogP) is 0.0838. The van der Waals surface area contributed by atoms with Crippen molar-refractivity contribution in [3.63, 3.8) is 0 Å². The van der Waals surface area contributed by atoms with E-state index in [1.165, 1.54) is 24.7 Å². The number of nitrogens with one attached hydrogen (secondary N) is 1. The quantitative estimate of drug-likeness (QED) is 0.669. The standard InChI is InChI=1S/C16H20N4O5/c1-10-4-11(20-25-10)15(23)19-8-16(5-12(21)13(22)6-16)9-24-14-7-17-2-3-18-14/h2-4,7,12-13,21-22H,5-6,8-9H2,1H3,(H,19,23)/t12-,13+,16?. The summed E-state index contributed by atoms with van der Waals surface area (Å²) in [6.07, 6.45) is 3.39. The van der Waals surface area contributed by atoms with Gasteiger partial charge in [0.2, 0.25) is 5.88 Å². The van der Waals surface area contributed by atoms with Crippen LogP contribution in [-0.2, 0) is 0 Å². The average Bonchev–Trinajstić information content (AvgIpc) is 3.16. The van der Waals surface area contributed by atoms with Crippen molar-refractivity contribution in [2.24, 2.45) is 5.41 Å². The van der Waals surface area contributed by atoms with Crippen molar-refractivity contribution in [2.75, 3.05) is 13.2 Å². The second-order valence-corrected chi connectivity index (χ2v) is 6.38. The highest BCUT2D eigenvalue weighted by atomic mass is 16.5. The Morgan fingerprint density at radius 2 is 2.16 bits per heavy atom. The van der Waals surface area contributed by atoms with E-state index in [0.29, 0.717) is 24.5 Å². The number of aryl methyl sites for hydroxylation is 1. The van der Waals surface area contributed by atoms with E-state index in [4.69, 9.17) is 9.26 Å². The van der Waals surface area contributed by atoms with Gasteiger partial charge in [-0.25, -0.2) is 4.98 Å². The molecule has 1 aliphatic rings. The van der Waals surface area contributed by atoms with Gasteiger partial charge in [0.1, 0.15) is 5.76 Å². The maximum atomic E-state index is 12.2. The summed E-state index contributed by atoms with van der Waals surface area (Å²) in [6.45, 7) is 2.09. The third-order valence-corrected chi connectivity index (χ3v) is 4.28. The number of aromatic nitrogens is 3. The van der Waals surface area contributed by atoms with Crippen molar-refractivity contribution in [3.05, 3.63) is 36.1 Å². The van der Waals surface area contributed by atoms with Crippen molar-refractivity contribution >= 4 is 5.91 Å². The van der Waals surface area contributed by atoms with Crippen LogP contribution in [0.15, 0.2) is 29.2 Å². The molecule has 2 heterocycles. The van der Waals surface area contributed by atoms with Gasteiger partial charge in [-0.2, -0.15) is 0 Å². The van der Waals surface area contributed by atoms with E-state index in [1.807, 2.05) is 0 Å². The van der Waals surface area contributed by atoms with E-state index in [0.717, 1.165) is 0 Å². The van der Waals surface area contributed by atoms with Crippen LogP contribution in [0.25, 0.3) is 0 Å². The lowest BCUT2D eigenvalue weighted by Gasteiger charge is -2.28. The van der Waals surface area contributed by atoms with Crippen molar-refractivity contribution in [3.8, 4) is 5.88 Å². The van der Waals surface area contributed by atoms with Crippen molar-refractivity contribution in [1.82, 2.24) is 20.4 Å². The fraction of sp³-hybridized carbons (Fsp3) is 0.500. The van der Waals surface area contributed by atoms with Crippen LogP contribution in [0, 0.1) is 12.3 Å². The zero-order valence-corrected chi connectivity index (χ0v) is 13.8. The first kappa shape index (κ1) is 17.3.